The molecule has 0 aromatic heterocycles. The van der Waals surface area contributed by atoms with Crippen molar-refractivity contribution in [1.29, 1.82) is 0 Å². The molecule has 1 fully saturated rings. The number of hydrogen-bond acceptors (Lipinski definition) is 2. The van der Waals surface area contributed by atoms with Gasteiger partial charge in [0.15, 0.2) is 0 Å². The standard InChI is InChI=1S/C14H19NO2/c1-14(2,10-15-8-5-9-15)12-7-4-3-6-11(12)13(16)17/h3-4,6-7H,5,8-10H2,1-2H3,(H,16,17). The highest BCUT2D eigenvalue weighted by Crippen LogP contribution is 2.29. The quantitative estimate of drug-likeness (QED) is 0.868. The summed E-state index contributed by atoms with van der Waals surface area (Å²) >= 11 is 0. The lowest BCUT2D eigenvalue weighted by Gasteiger charge is -2.38. The molecule has 0 radical (unpaired) electrons. The Morgan fingerprint density at radius 1 is 1.35 bits per heavy atom. The Morgan fingerprint density at radius 2 is 2.00 bits per heavy atom. The number of benzene rings is 1. The number of carboxylic acid groups (broad SMARTS) is 1. The van der Waals surface area contributed by atoms with Gasteiger partial charge in [-0.25, -0.2) is 4.79 Å². The first-order valence-corrected chi connectivity index (χ1v) is 6.06. The fraction of sp³-hybridized carbons (Fsp3) is 0.500. The molecule has 0 aliphatic carbocycles. The minimum Gasteiger partial charge on any atom is -0.478 e. The molecule has 0 spiro atoms. The second kappa shape index (κ2) is 4.49. The van der Waals surface area contributed by atoms with Crippen molar-refractivity contribution in [1.82, 2.24) is 4.90 Å². The molecule has 1 saturated heterocycles. The lowest BCUT2D eigenvalue weighted by atomic mass is 9.80. The summed E-state index contributed by atoms with van der Waals surface area (Å²) in [5, 5.41) is 9.22. The normalized spacial score (nSPS) is 16.6. The van der Waals surface area contributed by atoms with E-state index in [1.807, 2.05) is 12.1 Å². The summed E-state index contributed by atoms with van der Waals surface area (Å²) in [6.45, 7) is 7.44. The van der Waals surface area contributed by atoms with Crippen molar-refractivity contribution in [3.8, 4) is 0 Å². The monoisotopic (exact) mass is 233 g/mol. The summed E-state index contributed by atoms with van der Waals surface area (Å²) in [5.41, 5.74) is 1.24. The van der Waals surface area contributed by atoms with E-state index in [1.54, 1.807) is 12.1 Å². The van der Waals surface area contributed by atoms with Gasteiger partial charge < -0.3 is 10.0 Å². The summed E-state index contributed by atoms with van der Waals surface area (Å²) < 4.78 is 0. The van der Waals surface area contributed by atoms with Crippen LogP contribution < -0.4 is 0 Å². The van der Waals surface area contributed by atoms with E-state index in [0.717, 1.165) is 25.2 Å². The highest BCUT2D eigenvalue weighted by atomic mass is 16.4. The third-order valence-corrected chi connectivity index (χ3v) is 3.45. The Hall–Kier alpha value is -1.35. The highest BCUT2D eigenvalue weighted by Gasteiger charge is 2.29. The molecule has 1 aromatic carbocycles. The topological polar surface area (TPSA) is 40.5 Å². The number of carbonyl (C=O) groups is 1. The van der Waals surface area contributed by atoms with Crippen LogP contribution in [0.3, 0.4) is 0 Å². The van der Waals surface area contributed by atoms with Crippen LogP contribution in [0.4, 0.5) is 0 Å². The molecule has 92 valence electrons. The number of aromatic carboxylic acids is 1. The molecule has 1 N–H and O–H groups in total. The van der Waals surface area contributed by atoms with Crippen LogP contribution in [0.15, 0.2) is 24.3 Å². The molecule has 17 heavy (non-hydrogen) atoms. The van der Waals surface area contributed by atoms with Crippen LogP contribution in [0.2, 0.25) is 0 Å². The van der Waals surface area contributed by atoms with Gasteiger partial charge in [-0.1, -0.05) is 32.0 Å². The number of rotatable bonds is 4. The average molecular weight is 233 g/mol. The molecule has 0 amide bonds. The Labute approximate surface area is 102 Å². The van der Waals surface area contributed by atoms with Crippen LogP contribution in [0.5, 0.6) is 0 Å². The van der Waals surface area contributed by atoms with Gasteiger partial charge in [0.1, 0.15) is 0 Å². The molecular formula is C14H19NO2. The summed E-state index contributed by atoms with van der Waals surface area (Å²) in [7, 11) is 0. The summed E-state index contributed by atoms with van der Waals surface area (Å²) in [5.74, 6) is -0.836. The van der Waals surface area contributed by atoms with Gasteiger partial charge >= 0.3 is 5.97 Å². The zero-order chi connectivity index (χ0) is 12.5. The Bertz CT molecular complexity index is 422. The fourth-order valence-electron chi connectivity index (χ4n) is 2.44. The third kappa shape index (κ3) is 2.50. The van der Waals surface area contributed by atoms with E-state index in [1.165, 1.54) is 6.42 Å². The molecule has 3 nitrogen and oxygen atoms in total. The largest absolute Gasteiger partial charge is 0.478 e. The lowest BCUT2D eigenvalue weighted by molar-refractivity contribution is 0.0692. The van der Waals surface area contributed by atoms with Crippen LogP contribution in [-0.2, 0) is 5.41 Å². The van der Waals surface area contributed by atoms with Gasteiger partial charge in [-0.2, -0.15) is 0 Å². The average Bonchev–Trinajstić information content (AvgIpc) is 2.24. The van der Waals surface area contributed by atoms with E-state index >= 15 is 0 Å². The first-order valence-electron chi connectivity index (χ1n) is 6.06. The minimum atomic E-state index is -0.836. The number of nitrogens with zero attached hydrogens (tertiary/aromatic N) is 1. The first kappa shape index (κ1) is 12.1. The van der Waals surface area contributed by atoms with Crippen molar-refractivity contribution in [2.45, 2.75) is 25.7 Å². The van der Waals surface area contributed by atoms with E-state index < -0.39 is 5.97 Å². The number of hydrogen-bond donors (Lipinski definition) is 1. The molecule has 1 aliphatic rings. The molecule has 2 rings (SSSR count). The van der Waals surface area contributed by atoms with Crippen molar-refractivity contribution >= 4 is 5.97 Å². The summed E-state index contributed by atoms with van der Waals surface area (Å²) in [6.07, 6.45) is 1.26. The lowest BCUT2D eigenvalue weighted by Crippen LogP contribution is -2.45. The molecule has 0 unspecified atom stereocenters. The van der Waals surface area contributed by atoms with E-state index in [9.17, 15) is 9.90 Å². The predicted molar refractivity (Wildman–Crippen MR) is 67.5 cm³/mol. The van der Waals surface area contributed by atoms with Crippen molar-refractivity contribution < 1.29 is 9.90 Å². The maximum atomic E-state index is 11.2. The SMILES string of the molecule is CC(C)(CN1CCC1)c1ccccc1C(=O)O. The second-order valence-corrected chi connectivity index (χ2v) is 5.36. The van der Waals surface area contributed by atoms with Crippen molar-refractivity contribution in [3.05, 3.63) is 35.4 Å². The van der Waals surface area contributed by atoms with Crippen LogP contribution in [0.25, 0.3) is 0 Å². The Morgan fingerprint density at radius 3 is 2.53 bits per heavy atom. The molecule has 3 heteroatoms. The smallest absolute Gasteiger partial charge is 0.335 e. The fourth-order valence-corrected chi connectivity index (χ4v) is 2.44. The van der Waals surface area contributed by atoms with Gasteiger partial charge in [0.2, 0.25) is 0 Å². The summed E-state index contributed by atoms with van der Waals surface area (Å²) in [6, 6.07) is 7.32. The zero-order valence-electron chi connectivity index (χ0n) is 10.4. The van der Waals surface area contributed by atoms with E-state index in [0.29, 0.717) is 5.56 Å². The molecule has 1 aliphatic heterocycles. The van der Waals surface area contributed by atoms with Gasteiger partial charge in [-0.15, -0.1) is 0 Å². The molecule has 1 aromatic rings. The van der Waals surface area contributed by atoms with Gasteiger partial charge in [-0.3, -0.25) is 0 Å². The Balaban J connectivity index is 2.27. The highest BCUT2D eigenvalue weighted by molar-refractivity contribution is 5.89. The first-order chi connectivity index (χ1) is 8.00. The maximum absolute atomic E-state index is 11.2. The van der Waals surface area contributed by atoms with Crippen LogP contribution in [0.1, 0.15) is 36.2 Å². The van der Waals surface area contributed by atoms with Gasteiger partial charge in [0.25, 0.3) is 0 Å². The molecule has 0 saturated carbocycles. The van der Waals surface area contributed by atoms with Gasteiger partial charge in [0.05, 0.1) is 5.56 Å². The molecule has 0 atom stereocenters. The summed E-state index contributed by atoms with van der Waals surface area (Å²) in [4.78, 5) is 13.6. The molecule has 0 bridgehead atoms. The molecular weight excluding hydrogens is 214 g/mol. The van der Waals surface area contributed by atoms with Crippen molar-refractivity contribution in [2.24, 2.45) is 0 Å². The van der Waals surface area contributed by atoms with Crippen molar-refractivity contribution in [2.75, 3.05) is 19.6 Å². The zero-order valence-corrected chi connectivity index (χ0v) is 10.4. The minimum absolute atomic E-state index is 0.116. The maximum Gasteiger partial charge on any atom is 0.335 e. The van der Waals surface area contributed by atoms with Gasteiger partial charge in [-0.05, 0) is 31.1 Å². The van der Waals surface area contributed by atoms with Gasteiger partial charge in [0, 0.05) is 12.0 Å². The molecule has 1 heterocycles. The van der Waals surface area contributed by atoms with E-state index in [-0.39, 0.29) is 5.41 Å². The van der Waals surface area contributed by atoms with E-state index in [2.05, 4.69) is 18.7 Å². The van der Waals surface area contributed by atoms with Crippen LogP contribution >= 0.6 is 0 Å². The number of carboxylic acids is 1. The Kier molecular flexibility index (Phi) is 3.20. The van der Waals surface area contributed by atoms with E-state index in [4.69, 9.17) is 0 Å². The van der Waals surface area contributed by atoms with Crippen molar-refractivity contribution in [3.63, 3.8) is 0 Å². The van der Waals surface area contributed by atoms with Crippen LogP contribution in [-0.4, -0.2) is 35.6 Å². The van der Waals surface area contributed by atoms with Crippen LogP contribution in [0, 0.1) is 0 Å². The third-order valence-electron chi connectivity index (χ3n) is 3.45. The second-order valence-electron chi connectivity index (χ2n) is 5.36. The number of likely N-dealkylation sites (tertiary alicyclic amines) is 1. The predicted octanol–water partition coefficient (Wildman–Crippen LogP) is 2.37.